The number of aliphatic hydroxyl groups excluding tert-OH is 1. The summed E-state index contributed by atoms with van der Waals surface area (Å²) in [5.74, 6) is -0.756. The van der Waals surface area contributed by atoms with Gasteiger partial charge in [-0.25, -0.2) is 12.8 Å². The van der Waals surface area contributed by atoms with Crippen molar-refractivity contribution in [3.05, 3.63) is 24.0 Å². The molecule has 0 bridgehead atoms. The van der Waals surface area contributed by atoms with Crippen molar-refractivity contribution in [1.82, 2.24) is 4.31 Å². The lowest BCUT2D eigenvalue weighted by Crippen LogP contribution is -2.42. The van der Waals surface area contributed by atoms with Crippen molar-refractivity contribution in [3.8, 4) is 0 Å². The van der Waals surface area contributed by atoms with Crippen LogP contribution in [0.15, 0.2) is 23.1 Å². The molecule has 0 unspecified atom stereocenters. The van der Waals surface area contributed by atoms with E-state index in [0.29, 0.717) is 19.4 Å². The molecule has 1 aliphatic rings. The third-order valence-corrected chi connectivity index (χ3v) is 4.83. The van der Waals surface area contributed by atoms with Crippen LogP contribution < -0.4 is 5.73 Å². The molecule has 2 rings (SSSR count). The molecule has 1 aliphatic heterocycles. The minimum Gasteiger partial charge on any atom is -0.396 e. The molecule has 1 aromatic rings. The van der Waals surface area contributed by atoms with Gasteiger partial charge in [0.1, 0.15) is 5.82 Å². The number of hydrogen-bond donors (Lipinski definition) is 2. The van der Waals surface area contributed by atoms with Crippen LogP contribution in [0.3, 0.4) is 0 Å². The summed E-state index contributed by atoms with van der Waals surface area (Å²) in [6.07, 6.45) is 0.520. The molecule has 100 valence electrons. The predicted molar refractivity (Wildman–Crippen MR) is 64.8 cm³/mol. The van der Waals surface area contributed by atoms with Gasteiger partial charge in [-0.1, -0.05) is 0 Å². The summed E-state index contributed by atoms with van der Waals surface area (Å²) < 4.78 is 38.9. The van der Waals surface area contributed by atoms with Gasteiger partial charge in [0.05, 0.1) is 16.7 Å². The van der Waals surface area contributed by atoms with Crippen molar-refractivity contribution >= 4 is 15.7 Å². The van der Waals surface area contributed by atoms with Gasteiger partial charge in [-0.05, 0) is 31.0 Å². The molecule has 1 atom stereocenters. The van der Waals surface area contributed by atoms with Crippen LogP contribution in [0.1, 0.15) is 12.8 Å². The summed E-state index contributed by atoms with van der Waals surface area (Å²) in [6, 6.07) is 3.41. The van der Waals surface area contributed by atoms with Crippen LogP contribution in [0.25, 0.3) is 0 Å². The summed E-state index contributed by atoms with van der Waals surface area (Å²) in [7, 11) is -3.76. The minimum absolute atomic E-state index is 0.0499. The second kappa shape index (κ2) is 4.83. The number of nitrogen functional groups attached to an aromatic ring is 1. The fourth-order valence-electron chi connectivity index (χ4n) is 1.96. The van der Waals surface area contributed by atoms with Gasteiger partial charge in [0.25, 0.3) is 0 Å². The Balaban J connectivity index is 2.32. The van der Waals surface area contributed by atoms with Gasteiger partial charge in [0.15, 0.2) is 0 Å². The van der Waals surface area contributed by atoms with E-state index in [-0.39, 0.29) is 17.1 Å². The first kappa shape index (κ1) is 13.3. The van der Waals surface area contributed by atoms with Crippen LogP contribution in [0, 0.1) is 5.82 Å². The molecule has 1 heterocycles. The number of benzene rings is 1. The molecule has 0 saturated carbocycles. The Morgan fingerprint density at radius 3 is 2.78 bits per heavy atom. The molecule has 0 aromatic heterocycles. The van der Waals surface area contributed by atoms with Gasteiger partial charge < -0.3 is 10.8 Å². The van der Waals surface area contributed by atoms with Crippen LogP contribution in [-0.2, 0) is 10.0 Å². The van der Waals surface area contributed by atoms with Crippen molar-refractivity contribution in [2.24, 2.45) is 0 Å². The molecule has 0 spiro atoms. The molecule has 1 fully saturated rings. The van der Waals surface area contributed by atoms with E-state index < -0.39 is 21.9 Å². The second-order valence-corrected chi connectivity index (χ2v) is 6.28. The largest absolute Gasteiger partial charge is 0.396 e. The number of hydrogen-bond acceptors (Lipinski definition) is 4. The van der Waals surface area contributed by atoms with E-state index in [0.717, 1.165) is 6.07 Å². The number of β-amino-alcohol motifs (C(OH)–C–C–N with tert-alkyl or cyclic N) is 1. The van der Waals surface area contributed by atoms with Gasteiger partial charge in [0.2, 0.25) is 10.0 Å². The monoisotopic (exact) mass is 274 g/mol. The summed E-state index contributed by atoms with van der Waals surface area (Å²) in [5.41, 5.74) is 5.22. The molecule has 3 N–H and O–H groups in total. The molecule has 0 aliphatic carbocycles. The zero-order valence-corrected chi connectivity index (χ0v) is 10.5. The third-order valence-electron chi connectivity index (χ3n) is 2.97. The average molecular weight is 274 g/mol. The Labute approximate surface area is 105 Å². The van der Waals surface area contributed by atoms with E-state index in [1.54, 1.807) is 0 Å². The second-order valence-electron chi connectivity index (χ2n) is 4.34. The van der Waals surface area contributed by atoms with E-state index in [1.165, 1.54) is 16.4 Å². The van der Waals surface area contributed by atoms with Gasteiger partial charge in [-0.2, -0.15) is 4.31 Å². The number of sulfonamides is 1. The first-order chi connectivity index (χ1) is 8.41. The number of anilines is 1. The maximum atomic E-state index is 13.3. The van der Waals surface area contributed by atoms with Crippen LogP contribution in [-0.4, -0.2) is 37.0 Å². The first-order valence-corrected chi connectivity index (χ1v) is 7.08. The summed E-state index contributed by atoms with van der Waals surface area (Å²) in [6.45, 7) is 0.389. The van der Waals surface area contributed by atoms with Gasteiger partial charge >= 0.3 is 0 Å². The van der Waals surface area contributed by atoms with E-state index >= 15 is 0 Å². The molecule has 1 saturated heterocycles. The molecule has 1 aromatic carbocycles. The quantitative estimate of drug-likeness (QED) is 0.772. The maximum Gasteiger partial charge on any atom is 0.243 e. The smallest absolute Gasteiger partial charge is 0.243 e. The number of aliphatic hydroxyl groups is 1. The Kier molecular flexibility index (Phi) is 3.56. The lowest BCUT2D eigenvalue weighted by Gasteiger charge is -2.29. The zero-order chi connectivity index (χ0) is 13.3. The van der Waals surface area contributed by atoms with E-state index in [1.807, 2.05) is 0 Å². The van der Waals surface area contributed by atoms with Crippen LogP contribution in [0.4, 0.5) is 10.1 Å². The topological polar surface area (TPSA) is 83.6 Å². The molecule has 0 amide bonds. The van der Waals surface area contributed by atoms with Crippen molar-refractivity contribution < 1.29 is 17.9 Å². The maximum absolute atomic E-state index is 13.3. The van der Waals surface area contributed by atoms with Gasteiger partial charge in [-0.15, -0.1) is 0 Å². The standard InChI is InChI=1S/C11H15FN2O3S/c12-10-6-9(3-4-11(10)13)18(16,17)14-5-1-2-8(15)7-14/h3-4,6,8,15H,1-2,5,7,13H2/t8-/m0/s1. The lowest BCUT2D eigenvalue weighted by atomic mass is 10.1. The van der Waals surface area contributed by atoms with Crippen molar-refractivity contribution in [2.75, 3.05) is 18.8 Å². The molecule has 5 nitrogen and oxygen atoms in total. The minimum atomic E-state index is -3.76. The summed E-state index contributed by atoms with van der Waals surface area (Å²) in [4.78, 5) is -0.136. The summed E-state index contributed by atoms with van der Waals surface area (Å²) >= 11 is 0. The SMILES string of the molecule is Nc1ccc(S(=O)(=O)N2CCC[C@H](O)C2)cc1F. The van der Waals surface area contributed by atoms with Crippen molar-refractivity contribution in [1.29, 1.82) is 0 Å². The highest BCUT2D eigenvalue weighted by Gasteiger charge is 2.29. The van der Waals surface area contributed by atoms with Crippen LogP contribution in [0.2, 0.25) is 0 Å². The third kappa shape index (κ3) is 2.47. The van der Waals surface area contributed by atoms with Gasteiger partial charge in [0, 0.05) is 13.1 Å². The Morgan fingerprint density at radius 1 is 1.44 bits per heavy atom. The number of piperidine rings is 1. The predicted octanol–water partition coefficient (Wildman–Crippen LogP) is 0.553. The molecule has 18 heavy (non-hydrogen) atoms. The molecular weight excluding hydrogens is 259 g/mol. The number of nitrogens with two attached hydrogens (primary N) is 1. The fraction of sp³-hybridized carbons (Fsp3) is 0.455. The fourth-order valence-corrected chi connectivity index (χ4v) is 3.48. The van der Waals surface area contributed by atoms with Gasteiger partial charge in [-0.3, -0.25) is 0 Å². The van der Waals surface area contributed by atoms with Crippen LogP contribution in [0.5, 0.6) is 0 Å². The van der Waals surface area contributed by atoms with Crippen molar-refractivity contribution in [2.45, 2.75) is 23.8 Å². The molecule has 7 heteroatoms. The zero-order valence-electron chi connectivity index (χ0n) is 9.71. The number of halogens is 1. The molecular formula is C11H15FN2O3S. The van der Waals surface area contributed by atoms with E-state index in [9.17, 15) is 17.9 Å². The molecule has 0 radical (unpaired) electrons. The highest BCUT2D eigenvalue weighted by atomic mass is 32.2. The average Bonchev–Trinajstić information content (AvgIpc) is 2.32. The van der Waals surface area contributed by atoms with Crippen molar-refractivity contribution in [3.63, 3.8) is 0 Å². The van der Waals surface area contributed by atoms with E-state index in [4.69, 9.17) is 5.73 Å². The highest BCUT2D eigenvalue weighted by molar-refractivity contribution is 7.89. The van der Waals surface area contributed by atoms with E-state index in [2.05, 4.69) is 0 Å². The lowest BCUT2D eigenvalue weighted by molar-refractivity contribution is 0.108. The van der Waals surface area contributed by atoms with Crippen LogP contribution >= 0.6 is 0 Å². The Hall–Kier alpha value is -1.18. The summed E-state index contributed by atoms with van der Waals surface area (Å²) in [5, 5.41) is 9.49. The normalized spacial score (nSPS) is 22.0. The first-order valence-electron chi connectivity index (χ1n) is 5.64. The number of nitrogens with zero attached hydrogens (tertiary/aromatic N) is 1. The number of rotatable bonds is 2. The Morgan fingerprint density at radius 2 is 2.17 bits per heavy atom. The highest BCUT2D eigenvalue weighted by Crippen LogP contribution is 2.23. The Bertz CT molecular complexity index is 547.